The minimum atomic E-state index is -0.282. The lowest BCUT2D eigenvalue weighted by Crippen LogP contribution is -2.34. The number of rotatable bonds is 5. The van der Waals surface area contributed by atoms with E-state index in [1.54, 1.807) is 0 Å². The van der Waals surface area contributed by atoms with Crippen molar-refractivity contribution in [2.75, 3.05) is 19.7 Å². The van der Waals surface area contributed by atoms with E-state index in [0.29, 0.717) is 6.54 Å². The highest BCUT2D eigenvalue weighted by atomic mass is 16.3. The number of aromatic hydroxyl groups is 1. The number of aliphatic hydroxyl groups excluding tert-OH is 1. The topological polar surface area (TPSA) is 73.7 Å². The van der Waals surface area contributed by atoms with Crippen LogP contribution in [-0.4, -0.2) is 45.7 Å². The second-order valence-electron chi connectivity index (χ2n) is 3.41. The zero-order valence-electron chi connectivity index (χ0n) is 9.26. The molecule has 1 aromatic rings. The highest BCUT2D eigenvalue weighted by Gasteiger charge is 2.17. The van der Waals surface area contributed by atoms with Crippen LogP contribution in [0.4, 0.5) is 0 Å². The highest BCUT2D eigenvalue weighted by molar-refractivity contribution is 5.96. The van der Waals surface area contributed by atoms with E-state index in [-0.39, 0.29) is 30.4 Å². The molecule has 0 aliphatic carbocycles. The van der Waals surface area contributed by atoms with Crippen molar-refractivity contribution < 1.29 is 15.0 Å². The Balaban J connectivity index is 2.85. The van der Waals surface area contributed by atoms with Crippen molar-refractivity contribution in [1.29, 1.82) is 0 Å². The van der Waals surface area contributed by atoms with Gasteiger partial charge < -0.3 is 15.1 Å². The number of hydrogen-bond donors (Lipinski definition) is 2. The number of carbonyl (C=O) groups excluding carboxylic acids is 1. The Morgan fingerprint density at radius 3 is 2.81 bits per heavy atom. The normalized spacial score (nSPS) is 10.1. The molecule has 0 bridgehead atoms. The Hall–Kier alpha value is -1.62. The summed E-state index contributed by atoms with van der Waals surface area (Å²) in [7, 11) is 0. The lowest BCUT2D eigenvalue weighted by molar-refractivity contribution is 0.0719. The van der Waals surface area contributed by atoms with Crippen LogP contribution >= 0.6 is 0 Å². The fourth-order valence-electron chi connectivity index (χ4n) is 1.44. The molecule has 0 atom stereocenters. The lowest BCUT2D eigenvalue weighted by atomic mass is 10.2. The quantitative estimate of drug-likeness (QED) is 0.769. The van der Waals surface area contributed by atoms with Gasteiger partial charge >= 0.3 is 0 Å². The predicted molar refractivity (Wildman–Crippen MR) is 59.2 cm³/mol. The number of hydrogen-bond acceptors (Lipinski definition) is 4. The monoisotopic (exact) mass is 224 g/mol. The molecule has 5 heteroatoms. The van der Waals surface area contributed by atoms with Gasteiger partial charge in [0, 0.05) is 19.3 Å². The Bertz CT molecular complexity index is 349. The van der Waals surface area contributed by atoms with Crippen LogP contribution in [0.5, 0.6) is 5.75 Å². The van der Waals surface area contributed by atoms with E-state index in [1.165, 1.54) is 23.4 Å². The molecule has 1 rings (SSSR count). The molecule has 0 unspecified atom stereocenters. The molecule has 0 saturated carbocycles. The van der Waals surface area contributed by atoms with Crippen LogP contribution < -0.4 is 0 Å². The van der Waals surface area contributed by atoms with Crippen molar-refractivity contribution in [3.63, 3.8) is 0 Å². The smallest absolute Gasteiger partial charge is 0.257 e. The van der Waals surface area contributed by atoms with Crippen molar-refractivity contribution in [2.24, 2.45) is 0 Å². The molecular formula is C11H16N2O3. The van der Waals surface area contributed by atoms with Crippen LogP contribution in [0.3, 0.4) is 0 Å². The van der Waals surface area contributed by atoms with E-state index in [1.807, 2.05) is 6.92 Å². The number of aliphatic hydroxyl groups is 1. The molecule has 2 N–H and O–H groups in total. The zero-order valence-corrected chi connectivity index (χ0v) is 9.26. The van der Waals surface area contributed by atoms with E-state index in [9.17, 15) is 9.90 Å². The summed E-state index contributed by atoms with van der Waals surface area (Å²) in [5, 5.41) is 18.4. The van der Waals surface area contributed by atoms with Crippen molar-refractivity contribution in [3.8, 4) is 5.75 Å². The van der Waals surface area contributed by atoms with E-state index in [4.69, 9.17) is 5.11 Å². The number of amides is 1. The van der Waals surface area contributed by atoms with Crippen molar-refractivity contribution >= 4 is 5.91 Å². The molecule has 0 spiro atoms. The van der Waals surface area contributed by atoms with Crippen LogP contribution in [0, 0.1) is 0 Å². The first-order valence-electron chi connectivity index (χ1n) is 5.23. The van der Waals surface area contributed by atoms with Gasteiger partial charge in [-0.15, -0.1) is 0 Å². The van der Waals surface area contributed by atoms with Crippen molar-refractivity contribution in [3.05, 3.63) is 24.0 Å². The molecule has 1 heterocycles. The van der Waals surface area contributed by atoms with Gasteiger partial charge in [-0.2, -0.15) is 0 Å². The molecular weight excluding hydrogens is 208 g/mol. The first kappa shape index (κ1) is 12.4. The summed E-state index contributed by atoms with van der Waals surface area (Å²) in [4.78, 5) is 17.2. The molecule has 1 aromatic heterocycles. The molecule has 88 valence electrons. The van der Waals surface area contributed by atoms with E-state index < -0.39 is 0 Å². The summed E-state index contributed by atoms with van der Waals surface area (Å²) in [6.45, 7) is 2.69. The summed E-state index contributed by atoms with van der Waals surface area (Å²) in [6.07, 6.45) is 3.49. The Morgan fingerprint density at radius 2 is 2.25 bits per heavy atom. The lowest BCUT2D eigenvalue weighted by Gasteiger charge is -2.21. The Kier molecular flexibility index (Phi) is 4.72. The van der Waals surface area contributed by atoms with E-state index >= 15 is 0 Å². The summed E-state index contributed by atoms with van der Waals surface area (Å²) in [5.74, 6) is -0.414. The standard InChI is InChI=1S/C11H16N2O3/c1-2-5-13(6-7-14)11(16)9-3-4-12-8-10(9)15/h3-4,8,14-15H,2,5-7H2,1H3. The molecule has 0 radical (unpaired) electrons. The van der Waals surface area contributed by atoms with Crippen LogP contribution in [0.1, 0.15) is 23.7 Å². The van der Waals surface area contributed by atoms with Gasteiger partial charge in [0.15, 0.2) is 0 Å². The van der Waals surface area contributed by atoms with Gasteiger partial charge in [-0.1, -0.05) is 6.92 Å². The maximum atomic E-state index is 12.0. The fraction of sp³-hybridized carbons (Fsp3) is 0.455. The third-order valence-corrected chi connectivity index (χ3v) is 2.18. The number of pyridine rings is 1. The van der Waals surface area contributed by atoms with Crippen LogP contribution in [0.25, 0.3) is 0 Å². The van der Waals surface area contributed by atoms with Gasteiger partial charge in [-0.25, -0.2) is 0 Å². The molecule has 0 aliphatic heterocycles. The second kappa shape index (κ2) is 6.07. The van der Waals surface area contributed by atoms with Gasteiger partial charge in [0.25, 0.3) is 5.91 Å². The van der Waals surface area contributed by atoms with Crippen LogP contribution in [-0.2, 0) is 0 Å². The van der Waals surface area contributed by atoms with E-state index in [2.05, 4.69) is 4.98 Å². The molecule has 0 aromatic carbocycles. The maximum absolute atomic E-state index is 12.0. The predicted octanol–water partition coefficient (Wildman–Crippen LogP) is 0.632. The average molecular weight is 224 g/mol. The third kappa shape index (κ3) is 2.93. The summed E-state index contributed by atoms with van der Waals surface area (Å²) in [5.41, 5.74) is 0.219. The minimum Gasteiger partial charge on any atom is -0.505 e. The first-order valence-corrected chi connectivity index (χ1v) is 5.23. The van der Waals surface area contributed by atoms with Crippen molar-refractivity contribution in [1.82, 2.24) is 9.88 Å². The first-order chi connectivity index (χ1) is 7.70. The summed E-state index contributed by atoms with van der Waals surface area (Å²) >= 11 is 0. The Morgan fingerprint density at radius 1 is 1.50 bits per heavy atom. The molecule has 0 aliphatic rings. The SMILES string of the molecule is CCCN(CCO)C(=O)c1ccncc1O. The fourth-order valence-corrected chi connectivity index (χ4v) is 1.44. The van der Waals surface area contributed by atoms with Crippen molar-refractivity contribution in [2.45, 2.75) is 13.3 Å². The van der Waals surface area contributed by atoms with Crippen LogP contribution in [0.15, 0.2) is 18.5 Å². The Labute approximate surface area is 94.4 Å². The largest absolute Gasteiger partial charge is 0.505 e. The zero-order chi connectivity index (χ0) is 12.0. The molecule has 1 amide bonds. The second-order valence-corrected chi connectivity index (χ2v) is 3.41. The molecule has 16 heavy (non-hydrogen) atoms. The molecule has 0 saturated heterocycles. The number of carbonyl (C=O) groups is 1. The summed E-state index contributed by atoms with van der Waals surface area (Å²) in [6, 6.07) is 1.47. The molecule has 0 fully saturated rings. The van der Waals surface area contributed by atoms with Gasteiger partial charge in [0.2, 0.25) is 0 Å². The van der Waals surface area contributed by atoms with Gasteiger partial charge in [-0.05, 0) is 12.5 Å². The molecule has 5 nitrogen and oxygen atoms in total. The average Bonchev–Trinajstić information content (AvgIpc) is 2.28. The van der Waals surface area contributed by atoms with Gasteiger partial charge in [0.1, 0.15) is 5.75 Å². The van der Waals surface area contributed by atoms with E-state index in [0.717, 1.165) is 6.42 Å². The van der Waals surface area contributed by atoms with Gasteiger partial charge in [-0.3, -0.25) is 9.78 Å². The minimum absolute atomic E-state index is 0.0857. The van der Waals surface area contributed by atoms with Crippen LogP contribution in [0.2, 0.25) is 0 Å². The number of aromatic nitrogens is 1. The summed E-state index contributed by atoms with van der Waals surface area (Å²) < 4.78 is 0. The third-order valence-electron chi connectivity index (χ3n) is 2.18. The highest BCUT2D eigenvalue weighted by Crippen LogP contribution is 2.16. The van der Waals surface area contributed by atoms with Gasteiger partial charge in [0.05, 0.1) is 18.4 Å². The number of nitrogens with zero attached hydrogens (tertiary/aromatic N) is 2. The maximum Gasteiger partial charge on any atom is 0.257 e.